The molecule has 1 saturated heterocycles. The third-order valence-corrected chi connectivity index (χ3v) is 6.28. The van der Waals surface area contributed by atoms with Crippen LogP contribution in [0.2, 0.25) is 0 Å². The summed E-state index contributed by atoms with van der Waals surface area (Å²) in [6.45, 7) is 4.41. The van der Waals surface area contributed by atoms with Crippen molar-refractivity contribution in [1.82, 2.24) is 10.2 Å². The molecule has 30 heavy (non-hydrogen) atoms. The van der Waals surface area contributed by atoms with E-state index in [1.807, 2.05) is 56.3 Å². The Labute approximate surface area is 177 Å². The Morgan fingerprint density at radius 2 is 1.77 bits per heavy atom. The number of nitrogens with zero attached hydrogens (tertiary/aromatic N) is 1. The normalized spacial score (nSPS) is 23.0. The lowest BCUT2D eigenvalue weighted by Gasteiger charge is -2.52. The number of carbonyl (C=O) groups excluding carboxylic acids is 2. The summed E-state index contributed by atoms with van der Waals surface area (Å²) < 4.78 is 11.0. The highest BCUT2D eigenvalue weighted by Crippen LogP contribution is 2.45. The average Bonchev–Trinajstić information content (AvgIpc) is 2.75. The molecule has 0 saturated carbocycles. The van der Waals surface area contributed by atoms with E-state index in [0.717, 1.165) is 16.7 Å². The number of carbonyl (C=O) groups is 2. The molecule has 0 unspecified atom stereocenters. The monoisotopic (exact) mass is 408 g/mol. The molecule has 158 valence electrons. The second-order valence-electron chi connectivity index (χ2n) is 8.32. The molecule has 6 nitrogen and oxygen atoms in total. The fourth-order valence-electron chi connectivity index (χ4n) is 4.73. The molecule has 2 atom stereocenters. The van der Waals surface area contributed by atoms with E-state index in [2.05, 4.69) is 5.32 Å². The van der Waals surface area contributed by atoms with Crippen molar-refractivity contribution in [3.63, 3.8) is 0 Å². The standard InChI is InChI=1S/C24H28N2O4/c1-15(2)21-22(27)26-11-10-17-12-19(29-3)20(30-4)13-18(17)24(26,23(28)25-21)14-16-8-6-5-7-9-16/h5-9,12-13,15,21H,10-11,14H2,1-4H3,(H,25,28)/t21-,24+/m0/s1. The van der Waals surface area contributed by atoms with Crippen molar-refractivity contribution < 1.29 is 19.1 Å². The highest BCUT2D eigenvalue weighted by Gasteiger charge is 2.56. The molecule has 1 fully saturated rings. The smallest absolute Gasteiger partial charge is 0.251 e. The average molecular weight is 408 g/mol. The second kappa shape index (κ2) is 7.67. The molecular weight excluding hydrogens is 380 g/mol. The third-order valence-electron chi connectivity index (χ3n) is 6.28. The molecule has 2 amide bonds. The number of hydrogen-bond acceptors (Lipinski definition) is 4. The largest absolute Gasteiger partial charge is 0.493 e. The lowest BCUT2D eigenvalue weighted by atomic mass is 9.73. The summed E-state index contributed by atoms with van der Waals surface area (Å²) in [7, 11) is 3.18. The molecule has 2 aromatic rings. The van der Waals surface area contributed by atoms with Crippen LogP contribution in [0.15, 0.2) is 42.5 Å². The van der Waals surface area contributed by atoms with Crippen molar-refractivity contribution >= 4 is 11.8 Å². The minimum atomic E-state index is -1.11. The number of fused-ring (bicyclic) bond motifs is 3. The highest BCUT2D eigenvalue weighted by molar-refractivity contribution is 6.01. The predicted octanol–water partition coefficient (Wildman–Crippen LogP) is 2.68. The Morgan fingerprint density at radius 3 is 2.40 bits per heavy atom. The molecule has 0 bridgehead atoms. The first kappa shape index (κ1) is 20.3. The number of benzene rings is 2. The number of ether oxygens (including phenoxy) is 2. The predicted molar refractivity (Wildman–Crippen MR) is 114 cm³/mol. The lowest BCUT2D eigenvalue weighted by molar-refractivity contribution is -0.160. The van der Waals surface area contributed by atoms with Gasteiger partial charge in [-0.15, -0.1) is 0 Å². The maximum atomic E-state index is 13.8. The third kappa shape index (κ3) is 3.02. The summed E-state index contributed by atoms with van der Waals surface area (Å²) in [6, 6.07) is 13.1. The maximum absolute atomic E-state index is 13.8. The van der Waals surface area contributed by atoms with Crippen molar-refractivity contribution in [2.24, 2.45) is 5.92 Å². The quantitative estimate of drug-likeness (QED) is 0.826. The minimum absolute atomic E-state index is 0.0166. The van der Waals surface area contributed by atoms with Gasteiger partial charge in [-0.3, -0.25) is 9.59 Å². The van der Waals surface area contributed by atoms with Gasteiger partial charge in [0.15, 0.2) is 17.0 Å². The van der Waals surface area contributed by atoms with Crippen LogP contribution >= 0.6 is 0 Å². The first-order valence-electron chi connectivity index (χ1n) is 10.3. The molecule has 0 aromatic heterocycles. The number of amides is 2. The van der Waals surface area contributed by atoms with Crippen LogP contribution in [0, 0.1) is 5.92 Å². The number of rotatable bonds is 5. The van der Waals surface area contributed by atoms with Crippen molar-refractivity contribution in [3.8, 4) is 11.5 Å². The first-order chi connectivity index (χ1) is 14.4. The van der Waals surface area contributed by atoms with Crippen LogP contribution in [0.25, 0.3) is 0 Å². The highest BCUT2D eigenvalue weighted by atomic mass is 16.5. The van der Waals surface area contributed by atoms with Crippen LogP contribution in [0.1, 0.15) is 30.5 Å². The fourth-order valence-corrected chi connectivity index (χ4v) is 4.73. The van der Waals surface area contributed by atoms with Gasteiger partial charge in [-0.2, -0.15) is 0 Å². The zero-order valence-electron chi connectivity index (χ0n) is 17.9. The van der Waals surface area contributed by atoms with Gasteiger partial charge in [0.05, 0.1) is 14.2 Å². The molecule has 2 heterocycles. The number of methoxy groups -OCH3 is 2. The molecule has 2 aliphatic rings. The molecule has 6 heteroatoms. The molecule has 2 aliphatic heterocycles. The van der Waals surface area contributed by atoms with Crippen LogP contribution in [0.3, 0.4) is 0 Å². The van der Waals surface area contributed by atoms with Gasteiger partial charge >= 0.3 is 0 Å². The SMILES string of the molecule is COc1cc2c(cc1OC)[C@]1(Cc3ccccc3)C(=O)N[C@@H](C(C)C)C(=O)N1CC2. The van der Waals surface area contributed by atoms with Gasteiger partial charge in [0.25, 0.3) is 5.91 Å². The van der Waals surface area contributed by atoms with Crippen molar-refractivity contribution in [1.29, 1.82) is 0 Å². The first-order valence-corrected chi connectivity index (χ1v) is 10.3. The minimum Gasteiger partial charge on any atom is -0.493 e. The van der Waals surface area contributed by atoms with Gasteiger partial charge in [-0.1, -0.05) is 44.2 Å². The summed E-state index contributed by atoms with van der Waals surface area (Å²) in [5, 5.41) is 3.03. The zero-order valence-corrected chi connectivity index (χ0v) is 17.9. The van der Waals surface area contributed by atoms with Crippen LogP contribution in [0.5, 0.6) is 11.5 Å². The van der Waals surface area contributed by atoms with Crippen LogP contribution in [-0.2, 0) is 28.0 Å². The Hall–Kier alpha value is -3.02. The Bertz CT molecular complexity index is 973. The molecule has 0 aliphatic carbocycles. The van der Waals surface area contributed by atoms with E-state index in [1.165, 1.54) is 0 Å². The molecule has 1 N–H and O–H groups in total. The van der Waals surface area contributed by atoms with E-state index in [0.29, 0.717) is 30.9 Å². The van der Waals surface area contributed by atoms with E-state index in [4.69, 9.17) is 9.47 Å². The molecular formula is C24H28N2O4. The Kier molecular flexibility index (Phi) is 5.18. The summed E-state index contributed by atoms with van der Waals surface area (Å²) >= 11 is 0. The summed E-state index contributed by atoms with van der Waals surface area (Å²) in [5.41, 5.74) is 1.70. The van der Waals surface area contributed by atoms with E-state index < -0.39 is 11.6 Å². The summed E-state index contributed by atoms with van der Waals surface area (Å²) in [6.07, 6.45) is 1.06. The van der Waals surface area contributed by atoms with E-state index in [1.54, 1.807) is 19.1 Å². The lowest BCUT2D eigenvalue weighted by Crippen LogP contribution is -2.72. The van der Waals surface area contributed by atoms with E-state index in [-0.39, 0.29) is 17.7 Å². The number of hydrogen-bond donors (Lipinski definition) is 1. The number of nitrogens with one attached hydrogen (secondary N) is 1. The summed E-state index contributed by atoms with van der Waals surface area (Å²) in [5.74, 6) is 1.03. The zero-order chi connectivity index (χ0) is 21.5. The van der Waals surface area contributed by atoms with Gasteiger partial charge in [-0.25, -0.2) is 0 Å². The molecule has 4 rings (SSSR count). The summed E-state index contributed by atoms with van der Waals surface area (Å²) in [4.78, 5) is 29.0. The van der Waals surface area contributed by atoms with Crippen molar-refractivity contribution in [2.75, 3.05) is 20.8 Å². The number of piperazine rings is 1. The molecule has 0 radical (unpaired) electrons. The molecule has 2 aromatic carbocycles. The Morgan fingerprint density at radius 1 is 1.10 bits per heavy atom. The van der Waals surface area contributed by atoms with Gasteiger partial charge in [0.2, 0.25) is 5.91 Å². The van der Waals surface area contributed by atoms with Crippen molar-refractivity contribution in [2.45, 2.75) is 38.3 Å². The van der Waals surface area contributed by atoms with E-state index in [9.17, 15) is 9.59 Å². The van der Waals surface area contributed by atoms with Crippen LogP contribution < -0.4 is 14.8 Å². The second-order valence-corrected chi connectivity index (χ2v) is 8.32. The van der Waals surface area contributed by atoms with Crippen LogP contribution in [-0.4, -0.2) is 43.5 Å². The topological polar surface area (TPSA) is 67.9 Å². The van der Waals surface area contributed by atoms with Gasteiger partial charge < -0.3 is 19.7 Å². The van der Waals surface area contributed by atoms with Gasteiger partial charge in [0, 0.05) is 13.0 Å². The van der Waals surface area contributed by atoms with Crippen molar-refractivity contribution in [3.05, 3.63) is 59.2 Å². The Balaban J connectivity index is 1.93. The van der Waals surface area contributed by atoms with Gasteiger partial charge in [-0.05, 0) is 41.2 Å². The maximum Gasteiger partial charge on any atom is 0.251 e. The molecule has 0 spiro atoms. The fraction of sp³-hybridized carbons (Fsp3) is 0.417. The van der Waals surface area contributed by atoms with Gasteiger partial charge in [0.1, 0.15) is 6.04 Å². The van der Waals surface area contributed by atoms with E-state index >= 15 is 0 Å². The van der Waals surface area contributed by atoms with Crippen LogP contribution in [0.4, 0.5) is 0 Å².